The van der Waals surface area contributed by atoms with Gasteiger partial charge in [0, 0.05) is 4.88 Å². The summed E-state index contributed by atoms with van der Waals surface area (Å²) in [5, 5.41) is 5.12. The highest BCUT2D eigenvalue weighted by atomic mass is 32.1. The van der Waals surface area contributed by atoms with Gasteiger partial charge in [-0.2, -0.15) is 0 Å². The van der Waals surface area contributed by atoms with Crippen LogP contribution in [0.3, 0.4) is 0 Å². The zero-order chi connectivity index (χ0) is 21.1. The number of benzene rings is 2. The van der Waals surface area contributed by atoms with E-state index in [1.54, 1.807) is 23.5 Å². The van der Waals surface area contributed by atoms with Crippen LogP contribution in [0.2, 0.25) is 0 Å². The first-order valence-corrected chi connectivity index (χ1v) is 10.9. The summed E-state index contributed by atoms with van der Waals surface area (Å²) in [5.41, 5.74) is 2.90. The molecule has 1 unspecified atom stereocenters. The molecule has 3 aromatic rings. The molecule has 1 aliphatic heterocycles. The van der Waals surface area contributed by atoms with Crippen molar-refractivity contribution in [2.75, 3.05) is 18.1 Å². The Hall–Kier alpha value is -3.12. The van der Waals surface area contributed by atoms with Gasteiger partial charge in [-0.25, -0.2) is 0 Å². The number of ether oxygens (including phenoxy) is 1. The molecule has 5 nitrogen and oxygen atoms in total. The number of amides is 2. The highest BCUT2D eigenvalue weighted by molar-refractivity contribution is 7.10. The predicted octanol–water partition coefficient (Wildman–Crippen LogP) is 4.50. The van der Waals surface area contributed by atoms with Crippen LogP contribution in [0.1, 0.15) is 41.8 Å². The Bertz CT molecular complexity index is 1030. The standard InChI is InChI=1S/C24H24N2O3S/c1-16(2)17-9-11-18(12-10-17)24(21-8-5-13-30-21)25-22(27)14-26-19-6-3-4-7-20(19)29-15-23(26)28/h3-13,16,24H,14-15H2,1-2H3,(H,25,27). The number of nitrogens with one attached hydrogen (secondary N) is 1. The summed E-state index contributed by atoms with van der Waals surface area (Å²) in [6, 6.07) is 19.3. The van der Waals surface area contributed by atoms with Crippen molar-refractivity contribution >= 4 is 28.8 Å². The van der Waals surface area contributed by atoms with Gasteiger partial charge in [-0.3, -0.25) is 14.5 Å². The highest BCUT2D eigenvalue weighted by Crippen LogP contribution is 2.32. The Morgan fingerprint density at radius 1 is 1.07 bits per heavy atom. The first kappa shape index (κ1) is 20.2. The van der Waals surface area contributed by atoms with Crippen LogP contribution in [-0.2, 0) is 9.59 Å². The third-order valence-corrected chi connectivity index (χ3v) is 6.12. The van der Waals surface area contributed by atoms with Crippen LogP contribution in [0, 0.1) is 0 Å². The number of hydrogen-bond acceptors (Lipinski definition) is 4. The lowest BCUT2D eigenvalue weighted by Crippen LogP contribution is -2.45. The second kappa shape index (κ2) is 8.71. The number of fused-ring (bicyclic) bond motifs is 1. The summed E-state index contributed by atoms with van der Waals surface area (Å²) >= 11 is 1.60. The summed E-state index contributed by atoms with van der Waals surface area (Å²) in [6.45, 7) is 4.20. The van der Waals surface area contributed by atoms with Gasteiger partial charge in [-0.1, -0.05) is 56.3 Å². The molecule has 0 aliphatic carbocycles. The number of hydrogen-bond donors (Lipinski definition) is 1. The predicted molar refractivity (Wildman–Crippen MR) is 119 cm³/mol. The third kappa shape index (κ3) is 4.24. The summed E-state index contributed by atoms with van der Waals surface area (Å²) in [5.74, 6) is 0.620. The average molecular weight is 421 g/mol. The summed E-state index contributed by atoms with van der Waals surface area (Å²) in [7, 11) is 0. The van der Waals surface area contributed by atoms with Gasteiger partial charge >= 0.3 is 0 Å². The van der Waals surface area contributed by atoms with Gasteiger partial charge in [0.05, 0.1) is 11.7 Å². The second-order valence-corrected chi connectivity index (χ2v) is 8.55. The molecule has 0 saturated heterocycles. The van der Waals surface area contributed by atoms with Gasteiger partial charge in [0.25, 0.3) is 5.91 Å². The van der Waals surface area contributed by atoms with Crippen LogP contribution >= 0.6 is 11.3 Å². The van der Waals surface area contributed by atoms with E-state index >= 15 is 0 Å². The first-order valence-electron chi connectivity index (χ1n) is 9.97. The molecule has 30 heavy (non-hydrogen) atoms. The third-order valence-electron chi connectivity index (χ3n) is 5.18. The molecule has 0 fully saturated rings. The molecule has 1 atom stereocenters. The van der Waals surface area contributed by atoms with E-state index in [4.69, 9.17) is 4.74 Å². The molecule has 0 saturated carbocycles. The van der Waals surface area contributed by atoms with E-state index in [1.807, 2.05) is 29.6 Å². The minimum absolute atomic E-state index is 0.0504. The summed E-state index contributed by atoms with van der Waals surface area (Å²) in [4.78, 5) is 27.9. The SMILES string of the molecule is CC(C)c1ccc(C(NC(=O)CN2C(=O)COc3ccccc32)c2cccs2)cc1. The van der Waals surface area contributed by atoms with Crippen molar-refractivity contribution in [1.82, 2.24) is 5.32 Å². The number of carbonyl (C=O) groups excluding carboxylic acids is 2. The van der Waals surface area contributed by atoms with Gasteiger partial charge in [-0.05, 0) is 40.6 Å². The number of rotatable bonds is 6. The number of nitrogens with zero attached hydrogens (tertiary/aromatic N) is 1. The molecular weight excluding hydrogens is 396 g/mol. The van der Waals surface area contributed by atoms with Crippen molar-refractivity contribution in [3.63, 3.8) is 0 Å². The minimum Gasteiger partial charge on any atom is -0.482 e. The van der Waals surface area contributed by atoms with E-state index in [2.05, 4.69) is 43.4 Å². The van der Waals surface area contributed by atoms with Crippen LogP contribution in [0.5, 0.6) is 5.75 Å². The van der Waals surface area contributed by atoms with Gasteiger partial charge in [0.1, 0.15) is 12.3 Å². The number of anilines is 1. The van der Waals surface area contributed by atoms with Crippen molar-refractivity contribution in [1.29, 1.82) is 0 Å². The zero-order valence-corrected chi connectivity index (χ0v) is 17.8. The number of para-hydroxylation sites is 2. The fourth-order valence-electron chi connectivity index (χ4n) is 3.53. The topological polar surface area (TPSA) is 58.6 Å². The number of carbonyl (C=O) groups is 2. The second-order valence-electron chi connectivity index (χ2n) is 7.57. The molecule has 1 aromatic heterocycles. The molecule has 6 heteroatoms. The highest BCUT2D eigenvalue weighted by Gasteiger charge is 2.28. The van der Waals surface area contributed by atoms with E-state index in [-0.39, 0.29) is 31.0 Å². The van der Waals surface area contributed by atoms with Gasteiger partial charge in [-0.15, -0.1) is 11.3 Å². The fourth-order valence-corrected chi connectivity index (χ4v) is 4.33. The number of thiophene rings is 1. The molecule has 0 radical (unpaired) electrons. The monoisotopic (exact) mass is 420 g/mol. The zero-order valence-electron chi connectivity index (χ0n) is 17.0. The van der Waals surface area contributed by atoms with Crippen molar-refractivity contribution in [2.45, 2.75) is 25.8 Å². The molecule has 2 heterocycles. The summed E-state index contributed by atoms with van der Waals surface area (Å²) in [6.07, 6.45) is 0. The van der Waals surface area contributed by atoms with Crippen molar-refractivity contribution in [3.05, 3.63) is 82.0 Å². The molecule has 4 rings (SSSR count). The smallest absolute Gasteiger partial charge is 0.265 e. The van der Waals surface area contributed by atoms with Crippen LogP contribution in [0.25, 0.3) is 0 Å². The Balaban J connectivity index is 1.55. The molecule has 0 bridgehead atoms. The lowest BCUT2D eigenvalue weighted by molar-refractivity contribution is -0.125. The van der Waals surface area contributed by atoms with Crippen molar-refractivity contribution in [3.8, 4) is 5.75 Å². The summed E-state index contributed by atoms with van der Waals surface area (Å²) < 4.78 is 5.47. The van der Waals surface area contributed by atoms with E-state index in [9.17, 15) is 9.59 Å². The molecule has 1 aliphatic rings. The van der Waals surface area contributed by atoms with E-state index < -0.39 is 0 Å². The first-order chi connectivity index (χ1) is 14.5. The van der Waals surface area contributed by atoms with Crippen LogP contribution in [-0.4, -0.2) is 25.0 Å². The van der Waals surface area contributed by atoms with E-state index in [0.29, 0.717) is 17.4 Å². The van der Waals surface area contributed by atoms with Crippen molar-refractivity contribution < 1.29 is 14.3 Å². The molecule has 154 valence electrons. The van der Waals surface area contributed by atoms with Crippen LogP contribution in [0.15, 0.2) is 66.0 Å². The Morgan fingerprint density at radius 2 is 1.80 bits per heavy atom. The van der Waals surface area contributed by atoms with Crippen molar-refractivity contribution in [2.24, 2.45) is 0 Å². The molecule has 2 amide bonds. The average Bonchev–Trinajstić information content (AvgIpc) is 3.29. The maximum atomic E-state index is 13.0. The van der Waals surface area contributed by atoms with Gasteiger partial charge < -0.3 is 10.1 Å². The molecule has 2 aromatic carbocycles. The van der Waals surface area contributed by atoms with Crippen LogP contribution in [0.4, 0.5) is 5.69 Å². The van der Waals surface area contributed by atoms with Gasteiger partial charge in [0.15, 0.2) is 6.61 Å². The Kier molecular flexibility index (Phi) is 5.86. The molecule has 0 spiro atoms. The van der Waals surface area contributed by atoms with Gasteiger partial charge in [0.2, 0.25) is 5.91 Å². The van der Waals surface area contributed by atoms with E-state index in [0.717, 1.165) is 10.4 Å². The fraction of sp³-hybridized carbons (Fsp3) is 0.250. The Labute approximate surface area is 180 Å². The van der Waals surface area contributed by atoms with E-state index in [1.165, 1.54) is 10.5 Å². The minimum atomic E-state index is -0.259. The maximum absolute atomic E-state index is 13.0. The quantitative estimate of drug-likeness (QED) is 0.639. The van der Waals surface area contributed by atoms with Crippen LogP contribution < -0.4 is 15.0 Å². The lowest BCUT2D eigenvalue weighted by Gasteiger charge is -2.29. The normalized spacial score (nSPS) is 14.2. The largest absolute Gasteiger partial charge is 0.482 e. The maximum Gasteiger partial charge on any atom is 0.265 e. The molecular formula is C24H24N2O3S. The Morgan fingerprint density at radius 3 is 2.50 bits per heavy atom. The lowest BCUT2D eigenvalue weighted by atomic mass is 9.98. The molecule has 1 N–H and O–H groups in total.